The van der Waals surface area contributed by atoms with Crippen LogP contribution in [-0.2, 0) is 4.57 Å². The average molecular weight is 530 g/mol. The van der Waals surface area contributed by atoms with Crippen molar-refractivity contribution in [1.29, 1.82) is 0 Å². The van der Waals surface area contributed by atoms with Crippen molar-refractivity contribution in [3.05, 3.63) is 84.8 Å². The maximum Gasteiger partial charge on any atom is 0.203 e. The number of rotatable bonds is 7. The highest BCUT2D eigenvalue weighted by atomic mass is 35.5. The minimum atomic E-state index is -0.681. The van der Waals surface area contributed by atoms with E-state index >= 15 is 0 Å². The first-order chi connectivity index (χ1) is 15.3. The van der Waals surface area contributed by atoms with Crippen molar-refractivity contribution in [3.63, 3.8) is 0 Å². The van der Waals surface area contributed by atoms with Crippen molar-refractivity contribution < 1.29 is 23.6 Å². The first kappa shape index (κ1) is 24.5. The Balaban J connectivity index is 2.39. The Bertz CT molecular complexity index is 1220. The molecule has 0 unspecified atom stereocenters. The molecule has 0 aliphatic carbocycles. The topological polar surface area (TPSA) is 69.7 Å². The third-order valence-corrected chi connectivity index (χ3v) is 6.36. The molecule has 3 rings (SSSR count). The van der Waals surface area contributed by atoms with Crippen LogP contribution in [0.4, 0.5) is 0 Å². The number of benzene rings is 3. The van der Waals surface area contributed by atoms with Gasteiger partial charge < -0.3 is 9.47 Å². The Morgan fingerprint density at radius 1 is 0.719 bits per heavy atom. The van der Waals surface area contributed by atoms with E-state index in [1.54, 1.807) is 12.1 Å². The molecule has 0 atom stereocenters. The molecule has 0 N–H and O–H groups in total. The number of halogens is 4. The van der Waals surface area contributed by atoms with Gasteiger partial charge in [-0.25, -0.2) is 0 Å². The minimum Gasteiger partial charge on any atom is -0.495 e. The molecular weight excluding hydrogens is 517 g/mol. The molecule has 0 heterocycles. The molecule has 0 radical (unpaired) electrons. The summed E-state index contributed by atoms with van der Waals surface area (Å²) in [6.07, 6.45) is 0. The summed E-state index contributed by atoms with van der Waals surface area (Å²) in [5.74, 6) is -1.50. The van der Waals surface area contributed by atoms with Gasteiger partial charge in [-0.05, 0) is 30.3 Å². The van der Waals surface area contributed by atoms with E-state index in [0.29, 0.717) is 0 Å². The van der Waals surface area contributed by atoms with Gasteiger partial charge in [-0.15, -0.1) is 0 Å². The molecule has 0 aliphatic rings. The van der Waals surface area contributed by atoms with Crippen molar-refractivity contribution in [3.8, 4) is 11.5 Å². The Morgan fingerprint density at radius 3 is 1.56 bits per heavy atom. The molecule has 3 aromatic rings. The normalized spacial score (nSPS) is 10.8. The fourth-order valence-electron chi connectivity index (χ4n) is 3.18. The van der Waals surface area contributed by atoms with Gasteiger partial charge in [0, 0.05) is 0 Å². The highest BCUT2D eigenvalue weighted by molar-refractivity contribution is 7.34. The van der Waals surface area contributed by atoms with Crippen LogP contribution in [0.25, 0.3) is 0 Å². The monoisotopic (exact) mass is 528 g/mol. The van der Waals surface area contributed by atoms with Crippen LogP contribution >= 0.6 is 54.9 Å². The largest absolute Gasteiger partial charge is 0.495 e. The van der Waals surface area contributed by atoms with Crippen LogP contribution in [0.5, 0.6) is 11.5 Å². The molecule has 0 aromatic heterocycles. The first-order valence-corrected chi connectivity index (χ1v) is 11.2. The number of hydrogen-bond acceptors (Lipinski definition) is 5. The molecule has 0 saturated carbocycles. The lowest BCUT2D eigenvalue weighted by atomic mass is 9.94. The highest BCUT2D eigenvalue weighted by Gasteiger charge is 2.32. The highest BCUT2D eigenvalue weighted by Crippen LogP contribution is 2.39. The molecule has 10 heteroatoms. The summed E-state index contributed by atoms with van der Waals surface area (Å²) in [6, 6.07) is 10.4. The zero-order valence-electron chi connectivity index (χ0n) is 16.5. The summed E-state index contributed by atoms with van der Waals surface area (Å²) in [7, 11) is 2.07. The van der Waals surface area contributed by atoms with Gasteiger partial charge >= 0.3 is 0 Å². The number of methoxy groups -OCH3 is 2. The Hall–Kier alpha value is -2.14. The van der Waals surface area contributed by atoms with Gasteiger partial charge in [0.1, 0.15) is 17.1 Å². The first-order valence-electron chi connectivity index (χ1n) is 8.86. The van der Waals surface area contributed by atoms with Crippen LogP contribution in [0.1, 0.15) is 31.8 Å². The number of ketones is 2. The molecule has 0 fully saturated rings. The Morgan fingerprint density at radius 2 is 1.16 bits per heavy atom. The second-order valence-corrected chi connectivity index (χ2v) is 8.62. The molecule has 3 aromatic carbocycles. The number of carbonyl (C=O) groups is 2. The van der Waals surface area contributed by atoms with Crippen LogP contribution in [0, 0.1) is 0 Å². The third-order valence-electron chi connectivity index (χ3n) is 4.57. The van der Waals surface area contributed by atoms with Gasteiger partial charge in [0.2, 0.25) is 5.78 Å². The van der Waals surface area contributed by atoms with Crippen molar-refractivity contribution >= 4 is 71.7 Å². The average Bonchev–Trinajstić information content (AvgIpc) is 2.76. The number of hydrogen-bond donors (Lipinski definition) is 0. The predicted molar refractivity (Wildman–Crippen MR) is 127 cm³/mol. The third kappa shape index (κ3) is 4.36. The molecule has 0 aliphatic heterocycles. The van der Waals surface area contributed by atoms with E-state index in [0.717, 1.165) is 0 Å². The summed E-state index contributed by atoms with van der Waals surface area (Å²) in [5, 5.41) is 0.399. The van der Waals surface area contributed by atoms with Crippen LogP contribution in [0.15, 0.2) is 42.5 Å². The van der Waals surface area contributed by atoms with Gasteiger partial charge in [-0.3, -0.25) is 14.2 Å². The molecule has 32 heavy (non-hydrogen) atoms. The van der Waals surface area contributed by atoms with Crippen LogP contribution in [0.2, 0.25) is 20.1 Å². The summed E-state index contributed by atoms with van der Waals surface area (Å²) < 4.78 is 22.8. The van der Waals surface area contributed by atoms with Gasteiger partial charge in [-0.1, -0.05) is 58.5 Å². The molecule has 164 valence electrons. The van der Waals surface area contributed by atoms with Gasteiger partial charge in [0.25, 0.3) is 0 Å². The van der Waals surface area contributed by atoms with Crippen LogP contribution in [-0.4, -0.2) is 25.8 Å². The molecule has 0 saturated heterocycles. The Labute approximate surface area is 205 Å². The van der Waals surface area contributed by atoms with Gasteiger partial charge in [-0.2, -0.15) is 0 Å². The van der Waals surface area contributed by atoms with Gasteiger partial charge in [0.15, 0.2) is 14.2 Å². The number of carbonyl (C=O) groups excluding carboxylic acids is 2. The van der Waals surface area contributed by atoms with Gasteiger partial charge in [0.05, 0.1) is 56.3 Å². The van der Waals surface area contributed by atoms with E-state index < -0.39 is 20.0 Å². The van der Waals surface area contributed by atoms with E-state index in [9.17, 15) is 14.2 Å². The second kappa shape index (κ2) is 10.2. The van der Waals surface area contributed by atoms with E-state index in [2.05, 4.69) is 0 Å². The van der Waals surface area contributed by atoms with Crippen molar-refractivity contribution in [2.75, 3.05) is 14.2 Å². The zero-order chi connectivity index (χ0) is 23.6. The number of ether oxygens (including phenoxy) is 2. The summed E-state index contributed by atoms with van der Waals surface area (Å²) >= 11 is 24.9. The van der Waals surface area contributed by atoms with E-state index in [4.69, 9.17) is 55.9 Å². The van der Waals surface area contributed by atoms with E-state index in [1.165, 1.54) is 44.6 Å². The summed E-state index contributed by atoms with van der Waals surface area (Å²) in [4.78, 5) is 27.0. The maximum absolute atomic E-state index is 13.6. The smallest absolute Gasteiger partial charge is 0.203 e. The van der Waals surface area contributed by atoms with Crippen molar-refractivity contribution in [2.24, 2.45) is 0 Å². The zero-order valence-corrected chi connectivity index (χ0v) is 20.5. The lowest BCUT2D eigenvalue weighted by Crippen LogP contribution is -2.17. The summed E-state index contributed by atoms with van der Waals surface area (Å²) in [6.45, 7) is 0. The lowest BCUT2D eigenvalue weighted by molar-refractivity contribution is 0.103. The molecule has 0 amide bonds. The van der Waals surface area contributed by atoms with Crippen LogP contribution < -0.4 is 14.8 Å². The SMILES string of the molecule is COc1c(P=O)cc(C(=O)c2c(Cl)cccc2Cl)c(OC)c1C(=O)c1c(Cl)cccc1Cl. The Kier molecular flexibility index (Phi) is 7.81. The standard InChI is InChI=1S/C22H13Cl4O5P/c1-30-21-10(19(27)16-11(23)5-3-6-12(16)24)9-15(32-29)22(31-2)18(21)20(28)17-13(25)7-4-8-14(17)26/h3-9H,1-2H3. The van der Waals surface area contributed by atoms with E-state index in [1.807, 2.05) is 0 Å². The maximum atomic E-state index is 13.6. The second-order valence-electron chi connectivity index (χ2n) is 6.33. The fourth-order valence-corrected chi connectivity index (χ4v) is 4.79. The van der Waals surface area contributed by atoms with Crippen molar-refractivity contribution in [2.45, 2.75) is 0 Å². The molecule has 0 bridgehead atoms. The minimum absolute atomic E-state index is 0.00184. The summed E-state index contributed by atoms with van der Waals surface area (Å²) in [5.41, 5.74) is -0.283. The lowest BCUT2D eigenvalue weighted by Gasteiger charge is -2.18. The molecular formula is C22H13Cl4O5P. The fraction of sp³-hybridized carbons (Fsp3) is 0.0909. The molecule has 5 nitrogen and oxygen atoms in total. The molecule has 0 spiro atoms. The quantitative estimate of drug-likeness (QED) is 0.252. The van der Waals surface area contributed by atoms with Crippen molar-refractivity contribution in [1.82, 2.24) is 0 Å². The predicted octanol–water partition coefficient (Wildman–Crippen LogP) is 6.70. The van der Waals surface area contributed by atoms with E-state index in [-0.39, 0.29) is 59.1 Å². The van der Waals surface area contributed by atoms with Crippen LogP contribution in [0.3, 0.4) is 0 Å².